The number of thioether (sulfide) groups is 1. The number of hydrogen-bond acceptors (Lipinski definition) is 5. The van der Waals surface area contributed by atoms with Gasteiger partial charge < -0.3 is 19.4 Å². The van der Waals surface area contributed by atoms with Crippen molar-refractivity contribution < 1.29 is 14.3 Å². The molecule has 152 valence electrons. The van der Waals surface area contributed by atoms with Crippen LogP contribution < -0.4 is 9.47 Å². The van der Waals surface area contributed by atoms with Crippen LogP contribution in [-0.4, -0.2) is 52.3 Å². The van der Waals surface area contributed by atoms with Crippen LogP contribution in [0.1, 0.15) is 24.9 Å². The number of para-hydroxylation sites is 4. The van der Waals surface area contributed by atoms with E-state index in [1.807, 2.05) is 60.4 Å². The molecule has 7 heteroatoms. The molecular weight excluding hydrogens is 386 g/mol. The fourth-order valence-electron chi connectivity index (χ4n) is 3.34. The van der Waals surface area contributed by atoms with Crippen LogP contribution in [0.2, 0.25) is 0 Å². The topological polar surface area (TPSA) is 67.5 Å². The molecule has 1 N–H and O–H groups in total. The zero-order valence-electron chi connectivity index (χ0n) is 16.6. The van der Waals surface area contributed by atoms with Crippen LogP contribution in [-0.2, 0) is 4.79 Å². The van der Waals surface area contributed by atoms with Crippen LogP contribution in [0.3, 0.4) is 0 Å². The number of carbonyl (C=O) groups excluding carboxylic acids is 1. The number of fused-ring (bicyclic) bond motifs is 2. The summed E-state index contributed by atoms with van der Waals surface area (Å²) in [4.78, 5) is 22.6. The summed E-state index contributed by atoms with van der Waals surface area (Å²) in [6.45, 7) is 5.66. The molecule has 0 bridgehead atoms. The van der Waals surface area contributed by atoms with Gasteiger partial charge in [0, 0.05) is 6.54 Å². The lowest BCUT2D eigenvalue weighted by Crippen LogP contribution is -2.44. The van der Waals surface area contributed by atoms with E-state index in [-0.39, 0.29) is 17.3 Å². The zero-order valence-corrected chi connectivity index (χ0v) is 17.4. The molecule has 0 saturated carbocycles. The molecule has 2 atom stereocenters. The second-order valence-electron chi connectivity index (χ2n) is 7.02. The van der Waals surface area contributed by atoms with E-state index < -0.39 is 0 Å². The van der Waals surface area contributed by atoms with E-state index >= 15 is 0 Å². The highest BCUT2D eigenvalue weighted by Crippen LogP contribution is 2.31. The maximum atomic E-state index is 12.8. The zero-order chi connectivity index (χ0) is 20.2. The lowest BCUT2D eigenvalue weighted by atomic mass is 10.2. The molecule has 2 unspecified atom stereocenters. The quantitative estimate of drug-likeness (QED) is 0.635. The Morgan fingerprint density at radius 2 is 2.00 bits per heavy atom. The Morgan fingerprint density at radius 3 is 2.79 bits per heavy atom. The molecule has 0 radical (unpaired) electrons. The number of aromatic nitrogens is 2. The van der Waals surface area contributed by atoms with E-state index in [1.165, 1.54) is 0 Å². The summed E-state index contributed by atoms with van der Waals surface area (Å²) >= 11 is 1.59. The van der Waals surface area contributed by atoms with Crippen molar-refractivity contribution in [3.05, 3.63) is 54.4 Å². The monoisotopic (exact) mass is 411 g/mol. The van der Waals surface area contributed by atoms with Crippen LogP contribution in [0.5, 0.6) is 11.5 Å². The average Bonchev–Trinajstić information content (AvgIpc) is 3.20. The Morgan fingerprint density at radius 1 is 1.24 bits per heavy atom. The molecule has 4 rings (SSSR count). The lowest BCUT2D eigenvalue weighted by molar-refractivity contribution is -0.129. The summed E-state index contributed by atoms with van der Waals surface area (Å²) in [7, 11) is 0. The molecule has 1 aliphatic rings. The van der Waals surface area contributed by atoms with Crippen molar-refractivity contribution in [2.45, 2.75) is 25.2 Å². The third-order valence-corrected chi connectivity index (χ3v) is 6.11. The molecule has 0 saturated heterocycles. The van der Waals surface area contributed by atoms with Crippen molar-refractivity contribution in [2.24, 2.45) is 0 Å². The second-order valence-corrected chi connectivity index (χ2v) is 8.35. The standard InChI is InChI=1S/C22H25N3O3S/c1-3-25(12-16-13-27-19-10-6-7-11-20(19)28-16)21(26)14-29-15(2)22-23-17-8-4-5-9-18(17)24-22/h4-11,15-16H,3,12-14H2,1-2H3,(H,23,24). The van der Waals surface area contributed by atoms with Gasteiger partial charge in [-0.25, -0.2) is 4.98 Å². The highest BCUT2D eigenvalue weighted by molar-refractivity contribution is 8.00. The van der Waals surface area contributed by atoms with Crippen molar-refractivity contribution in [3.8, 4) is 11.5 Å². The number of imidazole rings is 1. The summed E-state index contributed by atoms with van der Waals surface area (Å²) in [6.07, 6.45) is -0.161. The molecule has 2 aromatic carbocycles. The van der Waals surface area contributed by atoms with Crippen LogP contribution in [0, 0.1) is 0 Å². The first kappa shape index (κ1) is 19.6. The smallest absolute Gasteiger partial charge is 0.232 e. The number of amides is 1. The van der Waals surface area contributed by atoms with Gasteiger partial charge in [-0.1, -0.05) is 24.3 Å². The van der Waals surface area contributed by atoms with Gasteiger partial charge in [0.25, 0.3) is 0 Å². The summed E-state index contributed by atoms with van der Waals surface area (Å²) in [5.41, 5.74) is 1.97. The van der Waals surface area contributed by atoms with E-state index in [2.05, 4.69) is 16.9 Å². The average molecular weight is 412 g/mol. The molecule has 29 heavy (non-hydrogen) atoms. The van der Waals surface area contributed by atoms with Crippen molar-refractivity contribution in [3.63, 3.8) is 0 Å². The van der Waals surface area contributed by atoms with Gasteiger partial charge >= 0.3 is 0 Å². The Labute approximate surface area is 174 Å². The summed E-state index contributed by atoms with van der Waals surface area (Å²) in [5.74, 6) is 2.89. The highest BCUT2D eigenvalue weighted by atomic mass is 32.2. The molecule has 1 aromatic heterocycles. The molecular formula is C22H25N3O3S. The fraction of sp³-hybridized carbons (Fsp3) is 0.364. The van der Waals surface area contributed by atoms with Crippen molar-refractivity contribution in [1.29, 1.82) is 0 Å². The minimum Gasteiger partial charge on any atom is -0.486 e. The van der Waals surface area contributed by atoms with Gasteiger partial charge in [0.05, 0.1) is 28.6 Å². The first-order valence-electron chi connectivity index (χ1n) is 9.86. The Kier molecular flexibility index (Phi) is 5.94. The number of nitrogens with one attached hydrogen (secondary N) is 1. The number of hydrogen-bond donors (Lipinski definition) is 1. The van der Waals surface area contributed by atoms with E-state index in [0.29, 0.717) is 25.4 Å². The number of likely N-dealkylation sites (N-methyl/N-ethyl adjacent to an activating group) is 1. The van der Waals surface area contributed by atoms with Crippen LogP contribution in [0.25, 0.3) is 11.0 Å². The largest absolute Gasteiger partial charge is 0.486 e. The van der Waals surface area contributed by atoms with Gasteiger partial charge in [0.1, 0.15) is 12.4 Å². The lowest BCUT2D eigenvalue weighted by Gasteiger charge is -2.31. The van der Waals surface area contributed by atoms with Crippen molar-refractivity contribution in [2.75, 3.05) is 25.4 Å². The molecule has 0 fully saturated rings. The Hall–Kier alpha value is -2.67. The molecule has 0 aliphatic carbocycles. The van der Waals surface area contributed by atoms with Gasteiger partial charge in [-0.3, -0.25) is 4.79 Å². The molecule has 6 nitrogen and oxygen atoms in total. The van der Waals surface area contributed by atoms with Crippen molar-refractivity contribution in [1.82, 2.24) is 14.9 Å². The number of aromatic amines is 1. The van der Waals surface area contributed by atoms with E-state index in [9.17, 15) is 4.79 Å². The summed E-state index contributed by atoms with van der Waals surface area (Å²) in [6, 6.07) is 15.6. The Bertz CT molecular complexity index is 957. The number of ether oxygens (including phenoxy) is 2. The molecule has 3 aromatic rings. The normalized spacial score (nSPS) is 16.6. The molecule has 2 heterocycles. The number of carbonyl (C=O) groups is 1. The fourth-order valence-corrected chi connectivity index (χ4v) is 4.18. The minimum atomic E-state index is -0.161. The third-order valence-electron chi connectivity index (χ3n) is 4.98. The van der Waals surface area contributed by atoms with Gasteiger partial charge in [0.15, 0.2) is 17.6 Å². The number of benzene rings is 2. The molecule has 0 spiro atoms. The second kappa shape index (κ2) is 8.78. The van der Waals surface area contributed by atoms with Crippen LogP contribution in [0.4, 0.5) is 0 Å². The maximum Gasteiger partial charge on any atom is 0.232 e. The van der Waals surface area contributed by atoms with Crippen LogP contribution >= 0.6 is 11.8 Å². The van der Waals surface area contributed by atoms with Crippen LogP contribution in [0.15, 0.2) is 48.5 Å². The predicted octanol–water partition coefficient (Wildman–Crippen LogP) is 4.05. The van der Waals surface area contributed by atoms with Gasteiger partial charge in [-0.15, -0.1) is 11.8 Å². The van der Waals surface area contributed by atoms with Gasteiger partial charge in [0.2, 0.25) is 5.91 Å². The van der Waals surface area contributed by atoms with Gasteiger partial charge in [-0.2, -0.15) is 0 Å². The highest BCUT2D eigenvalue weighted by Gasteiger charge is 2.25. The van der Waals surface area contributed by atoms with E-state index in [0.717, 1.165) is 28.4 Å². The number of H-pyrrole nitrogens is 1. The molecule has 1 amide bonds. The predicted molar refractivity (Wildman–Crippen MR) is 116 cm³/mol. The summed E-state index contributed by atoms with van der Waals surface area (Å²) in [5, 5.41) is 0.103. The SMILES string of the molecule is CCN(CC1COc2ccccc2O1)C(=O)CSC(C)c1nc2ccccc2[nH]1. The van der Waals surface area contributed by atoms with Gasteiger partial charge in [-0.05, 0) is 38.1 Å². The van der Waals surface area contributed by atoms with Crippen molar-refractivity contribution >= 4 is 28.7 Å². The number of rotatable bonds is 7. The third kappa shape index (κ3) is 4.50. The van der Waals surface area contributed by atoms with E-state index in [4.69, 9.17) is 9.47 Å². The first-order valence-corrected chi connectivity index (χ1v) is 10.9. The first-order chi connectivity index (χ1) is 14.1. The van der Waals surface area contributed by atoms with E-state index in [1.54, 1.807) is 11.8 Å². The number of nitrogens with zero attached hydrogens (tertiary/aromatic N) is 2. The molecule has 1 aliphatic heterocycles. The maximum absolute atomic E-state index is 12.8. The Balaban J connectivity index is 1.32. The minimum absolute atomic E-state index is 0.0999. The summed E-state index contributed by atoms with van der Waals surface area (Å²) < 4.78 is 11.8.